The van der Waals surface area contributed by atoms with Crippen molar-refractivity contribution in [2.24, 2.45) is 0 Å². The van der Waals surface area contributed by atoms with Gasteiger partial charge in [-0.25, -0.2) is 5.01 Å². The fourth-order valence-corrected chi connectivity index (χ4v) is 1.83. The second-order valence-electron chi connectivity index (χ2n) is 3.73. The minimum absolute atomic E-state index is 0.158. The lowest BCUT2D eigenvalue weighted by molar-refractivity contribution is 0.270. The molecular weight excluding hydrogens is 196 g/mol. The molecule has 1 saturated heterocycles. The summed E-state index contributed by atoms with van der Waals surface area (Å²) in [7, 11) is 1.40. The number of methoxy groups -OCH3 is 1. The van der Waals surface area contributed by atoms with Crippen LogP contribution < -0.4 is 21.0 Å². The molecule has 0 aliphatic carbocycles. The monoisotopic (exact) mass is 210 g/mol. The van der Waals surface area contributed by atoms with Crippen LogP contribution in [-0.4, -0.2) is 25.2 Å². The normalized spacial score (nSPS) is 17.9. The van der Waals surface area contributed by atoms with Gasteiger partial charge in [0.25, 0.3) is 10.9 Å². The van der Waals surface area contributed by atoms with Crippen LogP contribution in [0, 0.1) is 0 Å². The minimum atomic E-state index is -0.531. The maximum absolute atomic E-state index is 11.2. The van der Waals surface area contributed by atoms with Gasteiger partial charge in [-0.2, -0.15) is 0 Å². The van der Waals surface area contributed by atoms with Crippen molar-refractivity contribution in [3.8, 4) is 5.75 Å². The van der Waals surface area contributed by atoms with Crippen molar-refractivity contribution in [1.82, 2.24) is 5.01 Å². The third kappa shape index (κ3) is 1.74. The van der Waals surface area contributed by atoms with Gasteiger partial charge in [0, 0.05) is 13.1 Å². The Kier molecular flexibility index (Phi) is 2.73. The van der Waals surface area contributed by atoms with Gasteiger partial charge in [0.05, 0.1) is 7.11 Å². The number of nitrogens with one attached hydrogen (secondary N) is 1. The van der Waals surface area contributed by atoms with E-state index in [0.29, 0.717) is 5.69 Å². The van der Waals surface area contributed by atoms with E-state index < -0.39 is 10.9 Å². The number of piperidine rings is 1. The zero-order valence-corrected chi connectivity index (χ0v) is 8.71. The number of hydrogen-bond donors (Lipinski definition) is 1. The van der Waals surface area contributed by atoms with Crippen LogP contribution in [0.2, 0.25) is 0 Å². The topological polar surface area (TPSA) is 58.6 Å². The number of rotatable bonds is 3. The van der Waals surface area contributed by atoms with Crippen LogP contribution >= 0.6 is 0 Å². The Bertz CT molecular complexity index is 414. The lowest BCUT2D eigenvalue weighted by atomic mass is 10.1. The van der Waals surface area contributed by atoms with E-state index in [1.54, 1.807) is 0 Å². The first kappa shape index (κ1) is 10.2. The quantitative estimate of drug-likeness (QED) is 0.717. The number of nitrogens with zero attached hydrogens (tertiary/aromatic N) is 1. The van der Waals surface area contributed by atoms with Crippen molar-refractivity contribution >= 4 is 5.69 Å². The molecule has 15 heavy (non-hydrogen) atoms. The Morgan fingerprint density at radius 1 is 1.13 bits per heavy atom. The molecule has 5 nitrogen and oxygen atoms in total. The van der Waals surface area contributed by atoms with Crippen molar-refractivity contribution < 1.29 is 4.74 Å². The third-order valence-corrected chi connectivity index (χ3v) is 2.70. The number of hydrogen-bond acceptors (Lipinski definition) is 5. The van der Waals surface area contributed by atoms with E-state index >= 15 is 0 Å². The van der Waals surface area contributed by atoms with Crippen LogP contribution in [0.15, 0.2) is 9.59 Å². The average Bonchev–Trinajstić information content (AvgIpc) is 2.29. The summed E-state index contributed by atoms with van der Waals surface area (Å²) in [5.74, 6) is 0.158. The van der Waals surface area contributed by atoms with Crippen molar-refractivity contribution in [2.75, 3.05) is 25.6 Å². The Labute approximate surface area is 87.3 Å². The maximum atomic E-state index is 11.2. The summed E-state index contributed by atoms with van der Waals surface area (Å²) < 4.78 is 4.84. The fraction of sp³-hybridized carbons (Fsp3) is 0.600. The lowest BCUT2D eigenvalue weighted by Gasteiger charge is -2.28. The summed E-state index contributed by atoms with van der Waals surface area (Å²) in [6, 6.07) is 0. The molecule has 5 heteroatoms. The molecule has 0 spiro atoms. The van der Waals surface area contributed by atoms with E-state index in [1.807, 2.05) is 5.01 Å². The van der Waals surface area contributed by atoms with E-state index in [2.05, 4.69) is 5.43 Å². The van der Waals surface area contributed by atoms with Crippen LogP contribution in [0.25, 0.3) is 0 Å². The minimum Gasteiger partial charge on any atom is -0.491 e. The molecule has 0 atom stereocenters. The molecule has 0 aromatic heterocycles. The summed E-state index contributed by atoms with van der Waals surface area (Å²) >= 11 is 0. The van der Waals surface area contributed by atoms with Crippen molar-refractivity contribution in [3.63, 3.8) is 0 Å². The van der Waals surface area contributed by atoms with E-state index in [1.165, 1.54) is 13.5 Å². The molecule has 1 aliphatic heterocycles. The van der Waals surface area contributed by atoms with Crippen LogP contribution in [0.3, 0.4) is 0 Å². The van der Waals surface area contributed by atoms with Gasteiger partial charge < -0.3 is 10.2 Å². The summed E-state index contributed by atoms with van der Waals surface area (Å²) in [6.45, 7) is 1.81. The molecule has 0 radical (unpaired) electrons. The smallest absolute Gasteiger partial charge is 0.272 e. The molecule has 0 saturated carbocycles. The highest BCUT2D eigenvalue weighted by molar-refractivity contribution is 5.61. The molecule has 82 valence electrons. The number of anilines is 1. The van der Waals surface area contributed by atoms with Gasteiger partial charge >= 0.3 is 0 Å². The molecule has 1 N–H and O–H groups in total. The molecule has 2 rings (SSSR count). The van der Waals surface area contributed by atoms with Gasteiger partial charge in [0.15, 0.2) is 5.75 Å². The highest BCUT2D eigenvalue weighted by Crippen LogP contribution is 2.18. The fourth-order valence-electron chi connectivity index (χ4n) is 1.83. The van der Waals surface area contributed by atoms with Gasteiger partial charge in [-0.15, -0.1) is 0 Å². The molecule has 1 fully saturated rings. The summed E-state index contributed by atoms with van der Waals surface area (Å²) in [6.07, 6.45) is 3.46. The predicted octanol–water partition coefficient (Wildman–Crippen LogP) is 0.104. The Morgan fingerprint density at radius 3 is 2.40 bits per heavy atom. The van der Waals surface area contributed by atoms with E-state index in [0.717, 1.165) is 25.9 Å². The van der Waals surface area contributed by atoms with Crippen molar-refractivity contribution in [2.45, 2.75) is 19.3 Å². The van der Waals surface area contributed by atoms with Gasteiger partial charge in [-0.05, 0) is 12.8 Å². The molecule has 0 amide bonds. The highest BCUT2D eigenvalue weighted by Gasteiger charge is 2.23. The molecule has 0 unspecified atom stereocenters. The predicted molar refractivity (Wildman–Crippen MR) is 57.0 cm³/mol. The number of hydrazine groups is 1. The Hall–Kier alpha value is -1.36. The molecule has 0 bridgehead atoms. The van der Waals surface area contributed by atoms with Gasteiger partial charge in [0.1, 0.15) is 5.69 Å². The largest absolute Gasteiger partial charge is 0.491 e. The third-order valence-electron chi connectivity index (χ3n) is 2.70. The van der Waals surface area contributed by atoms with Crippen LogP contribution in [0.1, 0.15) is 19.3 Å². The SMILES string of the molecule is COc1c(NN2CCCCC2)c(=O)c1=O. The molecule has 1 heterocycles. The van der Waals surface area contributed by atoms with Crippen molar-refractivity contribution in [1.29, 1.82) is 0 Å². The second kappa shape index (κ2) is 4.02. The van der Waals surface area contributed by atoms with Crippen molar-refractivity contribution in [3.05, 3.63) is 20.4 Å². The zero-order valence-electron chi connectivity index (χ0n) is 8.71. The highest BCUT2D eigenvalue weighted by atomic mass is 16.5. The molecular formula is C10H14N2O3. The maximum Gasteiger partial charge on any atom is 0.272 e. The molecule has 1 aliphatic rings. The zero-order chi connectivity index (χ0) is 10.8. The van der Waals surface area contributed by atoms with Crippen LogP contribution in [-0.2, 0) is 0 Å². The van der Waals surface area contributed by atoms with Gasteiger partial charge in [-0.1, -0.05) is 6.42 Å². The first-order chi connectivity index (χ1) is 7.24. The van der Waals surface area contributed by atoms with E-state index in [9.17, 15) is 9.59 Å². The Balaban J connectivity index is 2.07. The second-order valence-corrected chi connectivity index (χ2v) is 3.73. The molecule has 1 aromatic carbocycles. The van der Waals surface area contributed by atoms with Crippen LogP contribution in [0.5, 0.6) is 5.75 Å². The average molecular weight is 210 g/mol. The summed E-state index contributed by atoms with van der Waals surface area (Å²) in [5, 5.41) is 1.96. The van der Waals surface area contributed by atoms with Crippen LogP contribution in [0.4, 0.5) is 5.69 Å². The standard InChI is InChI=1S/C10H14N2O3/c1-15-10-7(8(13)9(10)14)11-12-5-3-2-4-6-12/h11H,2-6H2,1H3. The summed E-state index contributed by atoms with van der Waals surface area (Å²) in [5.41, 5.74) is 2.26. The van der Waals surface area contributed by atoms with E-state index in [-0.39, 0.29) is 5.75 Å². The van der Waals surface area contributed by atoms with Gasteiger partial charge in [-0.3, -0.25) is 9.59 Å². The molecule has 1 aromatic rings. The Morgan fingerprint density at radius 2 is 1.80 bits per heavy atom. The number of ether oxygens (including phenoxy) is 1. The lowest BCUT2D eigenvalue weighted by Crippen LogP contribution is -2.42. The van der Waals surface area contributed by atoms with E-state index in [4.69, 9.17) is 4.74 Å². The first-order valence-electron chi connectivity index (χ1n) is 5.13. The first-order valence-corrected chi connectivity index (χ1v) is 5.13. The van der Waals surface area contributed by atoms with Gasteiger partial charge in [0.2, 0.25) is 0 Å². The summed E-state index contributed by atoms with van der Waals surface area (Å²) in [4.78, 5) is 22.3.